The Morgan fingerprint density at radius 1 is 0.879 bits per heavy atom. The molecule has 0 aromatic heterocycles. The Morgan fingerprint density at radius 2 is 1.61 bits per heavy atom. The quantitative estimate of drug-likeness (QED) is 0.405. The van der Waals surface area contributed by atoms with Crippen LogP contribution in [0.2, 0.25) is 0 Å². The summed E-state index contributed by atoms with van der Waals surface area (Å²) in [7, 11) is 0. The molecule has 33 heavy (non-hydrogen) atoms. The van der Waals surface area contributed by atoms with Crippen molar-refractivity contribution in [3.8, 4) is 11.1 Å². The molecular weight excluding hydrogens is 420 g/mol. The van der Waals surface area contributed by atoms with Gasteiger partial charge in [0.15, 0.2) is 5.78 Å². The lowest BCUT2D eigenvalue weighted by molar-refractivity contribution is -0.118. The van der Waals surface area contributed by atoms with Gasteiger partial charge in [-0.05, 0) is 60.8 Å². The van der Waals surface area contributed by atoms with E-state index in [-0.39, 0.29) is 29.2 Å². The van der Waals surface area contributed by atoms with Crippen LogP contribution in [0.15, 0.2) is 72.8 Å². The molecule has 170 valence electrons. The van der Waals surface area contributed by atoms with E-state index >= 15 is 0 Å². The molecule has 0 amide bonds. The van der Waals surface area contributed by atoms with Gasteiger partial charge < -0.3 is 0 Å². The first-order valence-electron chi connectivity index (χ1n) is 11.4. The van der Waals surface area contributed by atoms with Crippen LogP contribution in [0, 0.1) is 11.6 Å². The van der Waals surface area contributed by atoms with E-state index in [0.29, 0.717) is 30.5 Å². The van der Waals surface area contributed by atoms with Crippen molar-refractivity contribution in [2.45, 2.75) is 38.1 Å². The van der Waals surface area contributed by atoms with Gasteiger partial charge in [-0.25, -0.2) is 8.78 Å². The van der Waals surface area contributed by atoms with Crippen molar-refractivity contribution in [1.29, 1.82) is 0 Å². The maximum absolute atomic E-state index is 14.0. The summed E-state index contributed by atoms with van der Waals surface area (Å²) in [6, 6.07) is 19.4. The maximum Gasteiger partial charge on any atom is 0.179 e. The highest BCUT2D eigenvalue weighted by atomic mass is 19.1. The Morgan fingerprint density at radius 3 is 2.33 bits per heavy atom. The zero-order valence-corrected chi connectivity index (χ0v) is 18.5. The molecule has 0 spiro atoms. The summed E-state index contributed by atoms with van der Waals surface area (Å²) < 4.78 is 27.2. The van der Waals surface area contributed by atoms with Gasteiger partial charge in [-0.15, -0.1) is 0 Å². The molecule has 0 bridgehead atoms. The number of nitrogens with zero attached hydrogens (tertiary/aromatic N) is 1. The maximum atomic E-state index is 14.0. The minimum Gasteiger partial charge on any atom is -0.299 e. The largest absolute Gasteiger partial charge is 0.299 e. The number of piperidine rings is 1. The van der Waals surface area contributed by atoms with E-state index < -0.39 is 0 Å². The summed E-state index contributed by atoms with van der Waals surface area (Å²) in [6.45, 7) is 1.31. The third kappa shape index (κ3) is 5.79. The molecule has 0 aliphatic carbocycles. The van der Waals surface area contributed by atoms with Crippen molar-refractivity contribution in [3.05, 3.63) is 95.6 Å². The summed E-state index contributed by atoms with van der Waals surface area (Å²) in [4.78, 5) is 27.7. The van der Waals surface area contributed by atoms with Gasteiger partial charge in [0.25, 0.3) is 0 Å². The summed E-state index contributed by atoms with van der Waals surface area (Å²) >= 11 is 0. The molecule has 1 heterocycles. The summed E-state index contributed by atoms with van der Waals surface area (Å²) in [5.41, 5.74) is 2.71. The average Bonchev–Trinajstić information content (AvgIpc) is 2.84. The van der Waals surface area contributed by atoms with Crippen LogP contribution in [-0.2, 0) is 11.2 Å². The standard InChI is InChI=1S/C28H27F2NO2/c29-23-14-12-22(13-15-23)28(33)27-7-3-4-17-31(27)18-16-24(32)19-20-8-10-21(11-9-20)25-5-1-2-6-26(25)30/h1-2,5-6,8-15,27H,3-4,7,16-19H2. The number of carbonyl (C=O) groups excluding carboxylic acids is 2. The average molecular weight is 448 g/mol. The molecule has 1 fully saturated rings. The molecule has 5 heteroatoms. The van der Waals surface area contributed by atoms with Crippen LogP contribution in [-0.4, -0.2) is 35.6 Å². The van der Waals surface area contributed by atoms with Gasteiger partial charge in [-0.1, -0.05) is 48.9 Å². The van der Waals surface area contributed by atoms with Crippen molar-refractivity contribution < 1.29 is 18.4 Å². The molecule has 1 atom stereocenters. The molecule has 4 rings (SSSR count). The zero-order chi connectivity index (χ0) is 23.2. The van der Waals surface area contributed by atoms with E-state index in [9.17, 15) is 18.4 Å². The molecular formula is C28H27F2NO2. The van der Waals surface area contributed by atoms with E-state index in [1.54, 1.807) is 18.2 Å². The predicted octanol–water partition coefficient (Wildman–Crippen LogP) is 5.87. The van der Waals surface area contributed by atoms with E-state index in [0.717, 1.165) is 36.9 Å². The Bertz CT molecular complexity index is 1110. The van der Waals surface area contributed by atoms with Crippen LogP contribution in [0.4, 0.5) is 8.78 Å². The minimum absolute atomic E-state index is 0.00844. The lowest BCUT2D eigenvalue weighted by Crippen LogP contribution is -2.45. The summed E-state index contributed by atoms with van der Waals surface area (Å²) in [5, 5.41) is 0. The highest BCUT2D eigenvalue weighted by Crippen LogP contribution is 2.24. The number of Topliss-reactive ketones (excluding diaryl/α,β-unsaturated/α-hetero) is 2. The number of benzene rings is 3. The monoisotopic (exact) mass is 447 g/mol. The predicted molar refractivity (Wildman–Crippen MR) is 125 cm³/mol. The highest BCUT2D eigenvalue weighted by Gasteiger charge is 2.29. The molecule has 3 aromatic rings. The van der Waals surface area contributed by atoms with Gasteiger partial charge in [0.1, 0.15) is 17.4 Å². The second kappa shape index (κ2) is 10.6. The number of hydrogen-bond donors (Lipinski definition) is 0. The van der Waals surface area contributed by atoms with E-state index in [4.69, 9.17) is 0 Å². The SMILES string of the molecule is O=C(CCN1CCCCC1C(=O)c1ccc(F)cc1)Cc1ccc(-c2ccccc2F)cc1. The lowest BCUT2D eigenvalue weighted by atomic mass is 9.93. The first-order valence-corrected chi connectivity index (χ1v) is 11.4. The third-order valence-electron chi connectivity index (χ3n) is 6.26. The van der Waals surface area contributed by atoms with Gasteiger partial charge in [-0.2, -0.15) is 0 Å². The molecule has 1 unspecified atom stereocenters. The van der Waals surface area contributed by atoms with Crippen LogP contribution in [0.3, 0.4) is 0 Å². The van der Waals surface area contributed by atoms with Crippen molar-refractivity contribution in [2.75, 3.05) is 13.1 Å². The Labute approximate surface area is 193 Å². The lowest BCUT2D eigenvalue weighted by Gasteiger charge is -2.34. The van der Waals surface area contributed by atoms with Crippen LogP contribution < -0.4 is 0 Å². The van der Waals surface area contributed by atoms with Crippen molar-refractivity contribution in [1.82, 2.24) is 4.90 Å². The number of rotatable bonds is 8. The highest BCUT2D eigenvalue weighted by molar-refractivity contribution is 6.00. The van der Waals surface area contributed by atoms with Crippen LogP contribution in [0.5, 0.6) is 0 Å². The zero-order valence-electron chi connectivity index (χ0n) is 18.5. The van der Waals surface area contributed by atoms with Crippen molar-refractivity contribution in [2.24, 2.45) is 0 Å². The fourth-order valence-electron chi connectivity index (χ4n) is 4.44. The van der Waals surface area contributed by atoms with E-state index in [2.05, 4.69) is 4.90 Å². The molecule has 0 N–H and O–H groups in total. The number of halogens is 2. The van der Waals surface area contributed by atoms with E-state index in [1.807, 2.05) is 24.3 Å². The van der Waals surface area contributed by atoms with Gasteiger partial charge in [-0.3, -0.25) is 14.5 Å². The Balaban J connectivity index is 1.34. The fourth-order valence-corrected chi connectivity index (χ4v) is 4.44. The number of likely N-dealkylation sites (tertiary alicyclic amines) is 1. The van der Waals surface area contributed by atoms with Crippen LogP contribution >= 0.6 is 0 Å². The third-order valence-corrected chi connectivity index (χ3v) is 6.26. The van der Waals surface area contributed by atoms with Crippen LogP contribution in [0.25, 0.3) is 11.1 Å². The fraction of sp³-hybridized carbons (Fsp3) is 0.286. The molecule has 0 saturated carbocycles. The first-order chi connectivity index (χ1) is 16.0. The number of carbonyl (C=O) groups is 2. The molecule has 3 nitrogen and oxygen atoms in total. The van der Waals surface area contributed by atoms with Crippen molar-refractivity contribution >= 4 is 11.6 Å². The van der Waals surface area contributed by atoms with Gasteiger partial charge in [0.2, 0.25) is 0 Å². The topological polar surface area (TPSA) is 37.4 Å². The molecule has 3 aromatic carbocycles. The van der Waals surface area contributed by atoms with Gasteiger partial charge in [0, 0.05) is 30.5 Å². The second-order valence-corrected chi connectivity index (χ2v) is 8.56. The molecule has 1 aliphatic heterocycles. The number of ketones is 2. The van der Waals surface area contributed by atoms with Crippen LogP contribution in [0.1, 0.15) is 41.6 Å². The first kappa shape index (κ1) is 23.0. The van der Waals surface area contributed by atoms with Gasteiger partial charge in [0.05, 0.1) is 6.04 Å². The van der Waals surface area contributed by atoms with Gasteiger partial charge >= 0.3 is 0 Å². The summed E-state index contributed by atoms with van der Waals surface area (Å²) in [6.07, 6.45) is 3.39. The number of hydrogen-bond acceptors (Lipinski definition) is 3. The molecule has 0 radical (unpaired) electrons. The normalized spacial score (nSPS) is 16.5. The molecule has 1 saturated heterocycles. The summed E-state index contributed by atoms with van der Waals surface area (Å²) in [5.74, 6) is -0.537. The van der Waals surface area contributed by atoms with Crippen molar-refractivity contribution in [3.63, 3.8) is 0 Å². The minimum atomic E-state index is -0.361. The smallest absolute Gasteiger partial charge is 0.179 e. The van der Waals surface area contributed by atoms with E-state index in [1.165, 1.54) is 30.3 Å². The Hall–Kier alpha value is -3.18. The molecule has 1 aliphatic rings. The second-order valence-electron chi connectivity index (χ2n) is 8.56. The Kier molecular flexibility index (Phi) is 7.40.